The molecular formula is C19H25N3O3. The third-order valence-corrected chi connectivity index (χ3v) is 4.56. The molecule has 1 heterocycles. The minimum atomic E-state index is -0.0601. The summed E-state index contributed by atoms with van der Waals surface area (Å²) in [4.78, 5) is 16.1. The number of pyridine rings is 1. The van der Waals surface area contributed by atoms with E-state index < -0.39 is 0 Å². The average Bonchev–Trinajstić information content (AvgIpc) is 2.56. The Bertz CT molecular complexity index is 755. The fraction of sp³-hybridized carbons (Fsp3) is 0.474. The second-order valence-corrected chi connectivity index (χ2v) is 6.60. The van der Waals surface area contributed by atoms with Crippen LogP contribution < -0.4 is 15.8 Å². The van der Waals surface area contributed by atoms with Crippen molar-refractivity contribution >= 4 is 22.5 Å². The predicted molar refractivity (Wildman–Crippen MR) is 97.6 cm³/mol. The van der Waals surface area contributed by atoms with E-state index in [2.05, 4.69) is 10.3 Å². The lowest BCUT2D eigenvalue weighted by Gasteiger charge is -2.30. The molecule has 1 aliphatic rings. The van der Waals surface area contributed by atoms with Gasteiger partial charge in [-0.2, -0.15) is 0 Å². The molecule has 0 aliphatic heterocycles. The number of rotatable bonds is 5. The second-order valence-electron chi connectivity index (χ2n) is 6.60. The van der Waals surface area contributed by atoms with Crippen LogP contribution in [-0.4, -0.2) is 36.8 Å². The third kappa shape index (κ3) is 4.20. The molecule has 0 unspecified atom stereocenters. The first-order chi connectivity index (χ1) is 12.1. The molecule has 0 atom stereocenters. The number of hydrogen-bond donors (Lipinski definition) is 2. The number of ether oxygens (including phenoxy) is 2. The summed E-state index contributed by atoms with van der Waals surface area (Å²) in [5, 5.41) is 3.88. The predicted octanol–water partition coefficient (Wildman–Crippen LogP) is 2.58. The zero-order valence-electron chi connectivity index (χ0n) is 14.7. The molecule has 1 saturated carbocycles. The Balaban J connectivity index is 1.65. The largest absolute Gasteiger partial charge is 0.490 e. The zero-order valence-corrected chi connectivity index (χ0v) is 14.7. The molecular weight excluding hydrogens is 318 g/mol. The first kappa shape index (κ1) is 17.5. The number of methoxy groups -OCH3 is 1. The lowest BCUT2D eigenvalue weighted by molar-refractivity contribution is -0.125. The molecule has 3 N–H and O–H groups in total. The van der Waals surface area contributed by atoms with Crippen LogP contribution in [0, 0.1) is 6.92 Å². The lowest BCUT2D eigenvalue weighted by Crippen LogP contribution is -2.41. The van der Waals surface area contributed by atoms with Crippen LogP contribution in [0.3, 0.4) is 0 Å². The number of carbonyl (C=O) groups is 1. The maximum absolute atomic E-state index is 11.6. The van der Waals surface area contributed by atoms with Crippen molar-refractivity contribution in [3.05, 3.63) is 30.0 Å². The number of fused-ring (bicyclic) bond motifs is 1. The molecule has 0 bridgehead atoms. The topological polar surface area (TPSA) is 86.5 Å². The maximum atomic E-state index is 11.6. The van der Waals surface area contributed by atoms with Crippen LogP contribution in [0.1, 0.15) is 31.4 Å². The summed E-state index contributed by atoms with van der Waals surface area (Å²) in [6.45, 7) is 2.04. The van der Waals surface area contributed by atoms with Crippen molar-refractivity contribution in [3.8, 4) is 5.75 Å². The molecule has 0 radical (unpaired) electrons. The summed E-state index contributed by atoms with van der Waals surface area (Å²) in [5.74, 6) is 0.726. The van der Waals surface area contributed by atoms with Crippen LogP contribution in [0.4, 0.5) is 5.69 Å². The highest BCUT2D eigenvalue weighted by Gasteiger charge is 2.24. The van der Waals surface area contributed by atoms with E-state index in [1.165, 1.54) is 7.11 Å². The van der Waals surface area contributed by atoms with Gasteiger partial charge in [-0.3, -0.25) is 9.78 Å². The highest BCUT2D eigenvalue weighted by atomic mass is 16.5. The Kier molecular flexibility index (Phi) is 5.38. The Labute approximate surface area is 147 Å². The van der Waals surface area contributed by atoms with Crippen molar-refractivity contribution in [2.24, 2.45) is 0 Å². The Morgan fingerprint density at radius 1 is 1.32 bits per heavy atom. The number of nitrogens with one attached hydrogen (secondary N) is 1. The average molecular weight is 343 g/mol. The van der Waals surface area contributed by atoms with E-state index in [1.807, 2.05) is 31.2 Å². The highest BCUT2D eigenvalue weighted by molar-refractivity contribution is 5.95. The van der Waals surface area contributed by atoms with Crippen LogP contribution in [-0.2, 0) is 9.53 Å². The number of anilines is 1. The van der Waals surface area contributed by atoms with Crippen molar-refractivity contribution in [1.29, 1.82) is 0 Å². The SMILES string of the molecule is COCC(=O)NC1CCC(Oc2cccc3nc(C)cc(N)c23)CC1. The second kappa shape index (κ2) is 7.70. The van der Waals surface area contributed by atoms with Crippen molar-refractivity contribution in [2.45, 2.75) is 44.8 Å². The number of nitrogens with zero attached hydrogens (tertiary/aromatic N) is 1. The van der Waals surface area contributed by atoms with Gasteiger partial charge in [0.1, 0.15) is 12.4 Å². The van der Waals surface area contributed by atoms with Crippen LogP contribution in [0.25, 0.3) is 10.9 Å². The van der Waals surface area contributed by atoms with E-state index in [1.54, 1.807) is 0 Å². The van der Waals surface area contributed by atoms with E-state index in [9.17, 15) is 4.79 Å². The number of nitrogen functional groups attached to an aromatic ring is 1. The van der Waals surface area contributed by atoms with Crippen molar-refractivity contribution in [3.63, 3.8) is 0 Å². The number of amides is 1. The first-order valence-corrected chi connectivity index (χ1v) is 8.67. The van der Waals surface area contributed by atoms with Gasteiger partial charge in [0.25, 0.3) is 0 Å². The minimum absolute atomic E-state index is 0.0601. The van der Waals surface area contributed by atoms with Crippen LogP contribution in [0.2, 0.25) is 0 Å². The van der Waals surface area contributed by atoms with Gasteiger partial charge >= 0.3 is 0 Å². The third-order valence-electron chi connectivity index (χ3n) is 4.56. The molecule has 2 aromatic rings. The van der Waals surface area contributed by atoms with Crippen LogP contribution in [0.15, 0.2) is 24.3 Å². The van der Waals surface area contributed by atoms with Gasteiger partial charge in [0, 0.05) is 24.5 Å². The zero-order chi connectivity index (χ0) is 17.8. The number of aryl methyl sites for hydroxylation is 1. The Hall–Kier alpha value is -2.34. The van der Waals surface area contributed by atoms with Crippen molar-refractivity contribution in [1.82, 2.24) is 10.3 Å². The van der Waals surface area contributed by atoms with Gasteiger partial charge in [-0.15, -0.1) is 0 Å². The minimum Gasteiger partial charge on any atom is -0.490 e. The Morgan fingerprint density at radius 2 is 2.08 bits per heavy atom. The summed E-state index contributed by atoms with van der Waals surface area (Å²) in [5.41, 5.74) is 8.64. The van der Waals surface area contributed by atoms with E-state index in [4.69, 9.17) is 15.2 Å². The van der Waals surface area contributed by atoms with Gasteiger partial charge in [-0.1, -0.05) is 6.07 Å². The summed E-state index contributed by atoms with van der Waals surface area (Å²) in [6, 6.07) is 7.91. The summed E-state index contributed by atoms with van der Waals surface area (Å²) in [7, 11) is 1.52. The smallest absolute Gasteiger partial charge is 0.246 e. The summed E-state index contributed by atoms with van der Waals surface area (Å²) in [6.07, 6.45) is 3.72. The lowest BCUT2D eigenvalue weighted by atomic mass is 9.93. The van der Waals surface area contributed by atoms with E-state index in [0.717, 1.165) is 48.0 Å². The van der Waals surface area contributed by atoms with Gasteiger partial charge in [0.2, 0.25) is 5.91 Å². The first-order valence-electron chi connectivity index (χ1n) is 8.67. The summed E-state index contributed by atoms with van der Waals surface area (Å²) < 4.78 is 11.1. The summed E-state index contributed by atoms with van der Waals surface area (Å²) >= 11 is 0. The normalized spacial score (nSPS) is 20.4. The molecule has 1 aliphatic carbocycles. The molecule has 25 heavy (non-hydrogen) atoms. The number of aromatic nitrogens is 1. The molecule has 0 spiro atoms. The molecule has 0 saturated heterocycles. The standard InChI is InChI=1S/C19H25N3O3/c1-12-10-15(20)19-16(21-12)4-3-5-17(19)25-14-8-6-13(7-9-14)22-18(23)11-24-2/h3-5,10,13-14H,6-9,11H2,1-2H3,(H2,20,21)(H,22,23). The maximum Gasteiger partial charge on any atom is 0.246 e. The Morgan fingerprint density at radius 3 is 2.80 bits per heavy atom. The van der Waals surface area contributed by atoms with Gasteiger partial charge in [-0.05, 0) is 50.8 Å². The fourth-order valence-electron chi connectivity index (χ4n) is 3.43. The van der Waals surface area contributed by atoms with Crippen molar-refractivity contribution in [2.75, 3.05) is 19.5 Å². The van der Waals surface area contributed by atoms with Gasteiger partial charge < -0.3 is 20.5 Å². The monoisotopic (exact) mass is 343 g/mol. The molecule has 134 valence electrons. The quantitative estimate of drug-likeness (QED) is 0.871. The van der Waals surface area contributed by atoms with Gasteiger partial charge in [0.15, 0.2) is 0 Å². The molecule has 1 amide bonds. The van der Waals surface area contributed by atoms with E-state index in [0.29, 0.717) is 5.69 Å². The molecule has 6 nitrogen and oxygen atoms in total. The molecule has 3 rings (SSSR count). The van der Waals surface area contributed by atoms with Crippen LogP contribution >= 0.6 is 0 Å². The highest BCUT2D eigenvalue weighted by Crippen LogP contribution is 2.33. The van der Waals surface area contributed by atoms with E-state index >= 15 is 0 Å². The van der Waals surface area contributed by atoms with Crippen LogP contribution in [0.5, 0.6) is 5.75 Å². The fourth-order valence-corrected chi connectivity index (χ4v) is 3.43. The van der Waals surface area contributed by atoms with Crippen molar-refractivity contribution < 1.29 is 14.3 Å². The van der Waals surface area contributed by atoms with Gasteiger partial charge in [-0.25, -0.2) is 0 Å². The van der Waals surface area contributed by atoms with Gasteiger partial charge in [0.05, 0.1) is 17.0 Å². The number of carbonyl (C=O) groups excluding carboxylic acids is 1. The molecule has 1 aromatic carbocycles. The van der Waals surface area contributed by atoms with E-state index in [-0.39, 0.29) is 24.7 Å². The molecule has 1 fully saturated rings. The molecule has 1 aromatic heterocycles. The number of benzene rings is 1. The number of hydrogen-bond acceptors (Lipinski definition) is 5. The number of nitrogens with two attached hydrogens (primary N) is 1. The molecule has 6 heteroatoms.